The van der Waals surface area contributed by atoms with Gasteiger partial charge in [-0.15, -0.1) is 0 Å². The third-order valence-electron chi connectivity index (χ3n) is 2.85. The van der Waals surface area contributed by atoms with Crippen LogP contribution in [-0.4, -0.2) is 10.9 Å². The zero-order valence-corrected chi connectivity index (χ0v) is 10.4. The van der Waals surface area contributed by atoms with Crippen LogP contribution in [0.15, 0.2) is 18.3 Å². The number of halogens is 1. The van der Waals surface area contributed by atoms with E-state index in [1.54, 1.807) is 0 Å². The number of rotatable bonds is 2. The van der Waals surface area contributed by atoms with E-state index in [0.717, 1.165) is 22.8 Å². The van der Waals surface area contributed by atoms with Gasteiger partial charge in [-0.3, -0.25) is 4.79 Å². The van der Waals surface area contributed by atoms with Crippen LogP contribution in [0, 0.1) is 6.92 Å². The number of carbonyl (C=O) groups excluding carboxylic acids is 1. The van der Waals surface area contributed by atoms with Crippen LogP contribution in [0.1, 0.15) is 35.8 Å². The van der Waals surface area contributed by atoms with Crippen molar-refractivity contribution in [1.82, 2.24) is 4.57 Å². The van der Waals surface area contributed by atoms with Gasteiger partial charge in [-0.25, -0.2) is 0 Å². The molecular formula is C13H14ClNO. The minimum Gasteiger partial charge on any atom is -0.343 e. The van der Waals surface area contributed by atoms with Crippen molar-refractivity contribution in [3.8, 4) is 0 Å². The van der Waals surface area contributed by atoms with Gasteiger partial charge in [-0.05, 0) is 32.4 Å². The molecule has 3 heteroatoms. The van der Waals surface area contributed by atoms with E-state index in [0.29, 0.717) is 10.6 Å². The Kier molecular flexibility index (Phi) is 2.76. The molecule has 84 valence electrons. The smallest absolute Gasteiger partial charge is 0.152 e. The van der Waals surface area contributed by atoms with Crippen LogP contribution in [0.4, 0.5) is 0 Å². The highest BCUT2D eigenvalue weighted by molar-refractivity contribution is 6.35. The lowest BCUT2D eigenvalue weighted by atomic mass is 10.1. The van der Waals surface area contributed by atoms with E-state index in [9.17, 15) is 4.79 Å². The Bertz CT molecular complexity index is 555. The molecule has 2 aromatic rings. The van der Waals surface area contributed by atoms with Crippen LogP contribution in [0.2, 0.25) is 5.02 Å². The number of aromatic nitrogens is 1. The highest BCUT2D eigenvalue weighted by Gasteiger charge is 2.14. The fourth-order valence-electron chi connectivity index (χ4n) is 2.06. The topological polar surface area (TPSA) is 22.0 Å². The molecule has 0 atom stereocenters. The van der Waals surface area contributed by atoms with Gasteiger partial charge in [-0.1, -0.05) is 17.7 Å². The predicted molar refractivity (Wildman–Crippen MR) is 67.5 cm³/mol. The average molecular weight is 236 g/mol. The monoisotopic (exact) mass is 235 g/mol. The van der Waals surface area contributed by atoms with E-state index < -0.39 is 0 Å². The van der Waals surface area contributed by atoms with Crippen molar-refractivity contribution in [2.24, 2.45) is 0 Å². The SMILES string of the molecule is Cc1ccc(Cl)c2c1c(C=O)cn2C(C)C. The van der Waals surface area contributed by atoms with Crippen molar-refractivity contribution in [2.45, 2.75) is 26.8 Å². The fraction of sp³-hybridized carbons (Fsp3) is 0.308. The second kappa shape index (κ2) is 3.95. The molecule has 2 nitrogen and oxygen atoms in total. The second-order valence-electron chi connectivity index (χ2n) is 4.29. The minimum absolute atomic E-state index is 0.287. The molecular weight excluding hydrogens is 222 g/mol. The van der Waals surface area contributed by atoms with Gasteiger partial charge in [0.25, 0.3) is 0 Å². The van der Waals surface area contributed by atoms with Gasteiger partial charge >= 0.3 is 0 Å². The maximum absolute atomic E-state index is 11.1. The molecule has 0 fully saturated rings. The minimum atomic E-state index is 0.287. The van der Waals surface area contributed by atoms with Crippen LogP contribution in [0.3, 0.4) is 0 Å². The molecule has 1 aromatic heterocycles. The highest BCUT2D eigenvalue weighted by atomic mass is 35.5. The Labute approximate surface area is 99.8 Å². The molecule has 1 aromatic carbocycles. The van der Waals surface area contributed by atoms with Crippen molar-refractivity contribution in [2.75, 3.05) is 0 Å². The van der Waals surface area contributed by atoms with Gasteiger partial charge in [0, 0.05) is 23.2 Å². The summed E-state index contributed by atoms with van der Waals surface area (Å²) in [7, 11) is 0. The maximum Gasteiger partial charge on any atom is 0.152 e. The molecule has 0 unspecified atom stereocenters. The molecule has 0 aliphatic carbocycles. The van der Waals surface area contributed by atoms with E-state index in [2.05, 4.69) is 18.4 Å². The van der Waals surface area contributed by atoms with Crippen molar-refractivity contribution in [1.29, 1.82) is 0 Å². The average Bonchev–Trinajstić information content (AvgIpc) is 2.64. The standard InChI is InChI=1S/C13H14ClNO/c1-8(2)15-6-10(7-16)12-9(3)4-5-11(14)13(12)15/h4-8H,1-3H3. The summed E-state index contributed by atoms with van der Waals surface area (Å²) in [5, 5.41) is 1.67. The number of nitrogens with zero attached hydrogens (tertiary/aromatic N) is 1. The third-order valence-corrected chi connectivity index (χ3v) is 3.15. The zero-order valence-electron chi connectivity index (χ0n) is 9.62. The highest BCUT2D eigenvalue weighted by Crippen LogP contribution is 2.32. The first-order valence-corrected chi connectivity index (χ1v) is 5.69. The van der Waals surface area contributed by atoms with Crippen molar-refractivity contribution in [3.63, 3.8) is 0 Å². The summed E-state index contributed by atoms with van der Waals surface area (Å²) in [6, 6.07) is 4.12. The Morgan fingerprint density at radius 2 is 2.06 bits per heavy atom. The van der Waals surface area contributed by atoms with E-state index in [4.69, 9.17) is 11.6 Å². The first-order valence-electron chi connectivity index (χ1n) is 5.31. The van der Waals surface area contributed by atoms with Crippen LogP contribution < -0.4 is 0 Å². The quantitative estimate of drug-likeness (QED) is 0.722. The van der Waals surface area contributed by atoms with E-state index in [1.807, 2.05) is 25.3 Å². The van der Waals surface area contributed by atoms with E-state index in [-0.39, 0.29) is 6.04 Å². The summed E-state index contributed by atoms with van der Waals surface area (Å²) in [6.45, 7) is 6.15. The Morgan fingerprint density at radius 1 is 1.38 bits per heavy atom. The fourth-order valence-corrected chi connectivity index (χ4v) is 2.31. The van der Waals surface area contributed by atoms with Crippen molar-refractivity contribution >= 4 is 28.8 Å². The molecule has 0 radical (unpaired) electrons. The Morgan fingerprint density at radius 3 is 2.62 bits per heavy atom. The molecule has 1 heterocycles. The molecule has 0 aliphatic heterocycles. The summed E-state index contributed by atoms with van der Waals surface area (Å²) in [5.74, 6) is 0. The molecule has 0 saturated heterocycles. The second-order valence-corrected chi connectivity index (χ2v) is 4.70. The van der Waals surface area contributed by atoms with Gasteiger partial charge in [0.15, 0.2) is 6.29 Å². The Hall–Kier alpha value is -1.28. The number of aldehydes is 1. The summed E-state index contributed by atoms with van der Waals surface area (Å²) in [6.07, 6.45) is 2.77. The number of carbonyl (C=O) groups is 1. The first-order chi connectivity index (χ1) is 7.56. The summed E-state index contributed by atoms with van der Waals surface area (Å²) in [5.41, 5.74) is 2.75. The molecule has 0 N–H and O–H groups in total. The van der Waals surface area contributed by atoms with Crippen LogP contribution in [0.25, 0.3) is 10.9 Å². The lowest BCUT2D eigenvalue weighted by molar-refractivity contribution is 0.112. The lowest BCUT2D eigenvalue weighted by Gasteiger charge is -2.10. The largest absolute Gasteiger partial charge is 0.343 e. The van der Waals surface area contributed by atoms with Gasteiger partial charge in [0.05, 0.1) is 10.5 Å². The number of benzene rings is 1. The van der Waals surface area contributed by atoms with Crippen molar-refractivity contribution < 1.29 is 4.79 Å². The number of aryl methyl sites for hydroxylation is 1. The number of hydrogen-bond donors (Lipinski definition) is 0. The molecule has 0 bridgehead atoms. The molecule has 0 aliphatic rings. The summed E-state index contributed by atoms with van der Waals surface area (Å²) in [4.78, 5) is 11.1. The molecule has 0 spiro atoms. The predicted octanol–water partition coefficient (Wildman–Crippen LogP) is 4.00. The van der Waals surface area contributed by atoms with Crippen LogP contribution >= 0.6 is 11.6 Å². The normalized spacial score (nSPS) is 11.3. The zero-order chi connectivity index (χ0) is 11.9. The number of hydrogen-bond acceptors (Lipinski definition) is 1. The molecule has 16 heavy (non-hydrogen) atoms. The summed E-state index contributed by atoms with van der Waals surface area (Å²) < 4.78 is 2.05. The summed E-state index contributed by atoms with van der Waals surface area (Å²) >= 11 is 6.21. The van der Waals surface area contributed by atoms with Gasteiger partial charge in [0.2, 0.25) is 0 Å². The van der Waals surface area contributed by atoms with Crippen molar-refractivity contribution in [3.05, 3.63) is 34.5 Å². The Balaban J connectivity index is 2.95. The van der Waals surface area contributed by atoms with Gasteiger partial charge in [0.1, 0.15) is 0 Å². The lowest BCUT2D eigenvalue weighted by Crippen LogP contribution is -1.98. The van der Waals surface area contributed by atoms with Crippen LogP contribution in [0.5, 0.6) is 0 Å². The molecule has 0 saturated carbocycles. The first kappa shape index (κ1) is 11.2. The van der Waals surface area contributed by atoms with E-state index in [1.165, 1.54) is 0 Å². The van der Waals surface area contributed by atoms with Crippen LogP contribution in [-0.2, 0) is 0 Å². The third kappa shape index (κ3) is 1.54. The molecule has 0 amide bonds. The molecule has 2 rings (SSSR count). The maximum atomic E-state index is 11.1. The number of fused-ring (bicyclic) bond motifs is 1. The van der Waals surface area contributed by atoms with E-state index >= 15 is 0 Å². The van der Waals surface area contributed by atoms with Gasteiger partial charge in [-0.2, -0.15) is 0 Å². The van der Waals surface area contributed by atoms with Gasteiger partial charge < -0.3 is 4.57 Å².